The van der Waals surface area contributed by atoms with Crippen molar-refractivity contribution in [3.05, 3.63) is 84.2 Å². The number of halogens is 3. The maximum Gasteiger partial charge on any atom is 0.262 e. The number of ether oxygens (including phenoxy) is 2. The van der Waals surface area contributed by atoms with Crippen LogP contribution in [0.2, 0.25) is 0 Å². The van der Waals surface area contributed by atoms with Crippen molar-refractivity contribution in [1.82, 2.24) is 9.80 Å². The van der Waals surface area contributed by atoms with Crippen molar-refractivity contribution in [3.63, 3.8) is 0 Å². The molecule has 2 fully saturated rings. The van der Waals surface area contributed by atoms with E-state index in [9.17, 15) is 9.18 Å². The van der Waals surface area contributed by atoms with Gasteiger partial charge in [0.2, 0.25) is 0 Å². The average Bonchev–Trinajstić information content (AvgIpc) is 3.00. The predicted octanol–water partition coefficient (Wildman–Crippen LogP) is 7.38. The lowest BCUT2D eigenvalue weighted by atomic mass is 10.1. The Morgan fingerprint density at radius 2 is 1.02 bits per heavy atom. The number of rotatable bonds is 11. The van der Waals surface area contributed by atoms with E-state index in [1.807, 2.05) is 48.5 Å². The van der Waals surface area contributed by atoms with E-state index in [-0.39, 0.29) is 36.5 Å². The van der Waals surface area contributed by atoms with Gasteiger partial charge in [-0.2, -0.15) is 0 Å². The number of carbonyl (C=O) groups is 1. The van der Waals surface area contributed by atoms with Gasteiger partial charge in [0, 0.05) is 30.0 Å². The van der Waals surface area contributed by atoms with Gasteiger partial charge in [0.15, 0.2) is 0 Å². The lowest BCUT2D eigenvalue weighted by Gasteiger charge is -2.26. The van der Waals surface area contributed by atoms with Gasteiger partial charge in [-0.3, -0.25) is 19.5 Å². The van der Waals surface area contributed by atoms with Gasteiger partial charge in [-0.05, 0) is 125 Å². The number of anilines is 2. The normalized spacial score (nSPS) is 15.6. The SMILES string of the molecule is Cl.Cl.O=C(c1ccc(F)cc1)N(c1ccc(OCCN2CCCCC2)cc1)c1ccc(OCCN2CCCCC2)cc1. The molecule has 0 radical (unpaired) electrons. The summed E-state index contributed by atoms with van der Waals surface area (Å²) < 4.78 is 25.6. The van der Waals surface area contributed by atoms with Gasteiger partial charge >= 0.3 is 0 Å². The number of benzene rings is 3. The molecule has 3 aromatic carbocycles. The first-order valence-corrected chi connectivity index (χ1v) is 14.7. The molecule has 0 aromatic heterocycles. The molecule has 5 rings (SSSR count). The van der Waals surface area contributed by atoms with E-state index in [2.05, 4.69) is 9.80 Å². The molecule has 3 aromatic rings. The minimum Gasteiger partial charge on any atom is -0.492 e. The van der Waals surface area contributed by atoms with E-state index in [1.54, 1.807) is 4.90 Å². The first-order valence-electron chi connectivity index (χ1n) is 14.7. The summed E-state index contributed by atoms with van der Waals surface area (Å²) in [6.45, 7) is 7.69. The van der Waals surface area contributed by atoms with E-state index in [4.69, 9.17) is 9.47 Å². The number of nitrogens with zero attached hydrogens (tertiary/aromatic N) is 3. The standard InChI is InChI=1S/C33H40FN3O3.2ClH/c34-28-9-7-27(8-10-28)33(38)37(29-11-15-31(16-12-29)39-25-23-35-19-3-1-4-20-35)30-13-17-32(18-14-30)40-26-24-36-21-5-2-6-22-36;;/h7-18H,1-6,19-26H2;2*1H. The highest BCUT2D eigenvalue weighted by Gasteiger charge is 2.21. The fourth-order valence-corrected chi connectivity index (χ4v) is 5.44. The Bertz CT molecular complexity index is 1130. The van der Waals surface area contributed by atoms with Gasteiger partial charge in [0.25, 0.3) is 5.91 Å². The molecule has 0 saturated carbocycles. The second kappa shape index (κ2) is 17.3. The summed E-state index contributed by atoms with van der Waals surface area (Å²) in [7, 11) is 0. The zero-order chi connectivity index (χ0) is 27.6. The summed E-state index contributed by atoms with van der Waals surface area (Å²) in [5.74, 6) is 0.928. The van der Waals surface area contributed by atoms with Crippen LogP contribution in [0.1, 0.15) is 48.9 Å². The molecule has 0 unspecified atom stereocenters. The van der Waals surface area contributed by atoms with Crippen LogP contribution in [0, 0.1) is 5.82 Å². The van der Waals surface area contributed by atoms with Crippen LogP contribution in [-0.4, -0.2) is 68.2 Å². The summed E-state index contributed by atoms with van der Waals surface area (Å²) >= 11 is 0. The van der Waals surface area contributed by atoms with Crippen LogP contribution in [0.4, 0.5) is 15.8 Å². The van der Waals surface area contributed by atoms with E-state index in [0.29, 0.717) is 30.2 Å². The molecule has 2 aliphatic rings. The molecule has 0 N–H and O–H groups in total. The van der Waals surface area contributed by atoms with Crippen LogP contribution in [-0.2, 0) is 0 Å². The number of piperidine rings is 2. The maximum absolute atomic E-state index is 13.7. The summed E-state index contributed by atoms with van der Waals surface area (Å²) in [6.07, 6.45) is 7.69. The Balaban J connectivity index is 0.00000242. The molecule has 0 spiro atoms. The summed E-state index contributed by atoms with van der Waals surface area (Å²) in [4.78, 5) is 20.2. The number of carbonyl (C=O) groups excluding carboxylic acids is 1. The van der Waals surface area contributed by atoms with E-state index >= 15 is 0 Å². The second-order valence-corrected chi connectivity index (χ2v) is 10.6. The molecule has 42 heavy (non-hydrogen) atoms. The van der Waals surface area contributed by atoms with Crippen molar-refractivity contribution >= 4 is 42.1 Å². The largest absolute Gasteiger partial charge is 0.492 e. The van der Waals surface area contributed by atoms with E-state index in [0.717, 1.165) is 50.8 Å². The minimum absolute atomic E-state index is 0. The van der Waals surface area contributed by atoms with Gasteiger partial charge in [-0.15, -0.1) is 24.8 Å². The quantitative estimate of drug-likeness (QED) is 0.225. The van der Waals surface area contributed by atoms with Crippen molar-refractivity contribution in [2.24, 2.45) is 0 Å². The van der Waals surface area contributed by atoms with Crippen molar-refractivity contribution in [1.29, 1.82) is 0 Å². The van der Waals surface area contributed by atoms with Gasteiger partial charge < -0.3 is 9.47 Å². The van der Waals surface area contributed by atoms with Crippen LogP contribution in [0.15, 0.2) is 72.8 Å². The predicted molar refractivity (Wildman–Crippen MR) is 172 cm³/mol. The Morgan fingerprint density at radius 1 is 0.619 bits per heavy atom. The van der Waals surface area contributed by atoms with Crippen molar-refractivity contribution in [3.8, 4) is 11.5 Å². The molecule has 2 heterocycles. The van der Waals surface area contributed by atoms with Gasteiger partial charge in [0.05, 0.1) is 0 Å². The van der Waals surface area contributed by atoms with E-state index in [1.165, 1.54) is 62.8 Å². The summed E-state index contributed by atoms with van der Waals surface area (Å²) in [6, 6.07) is 20.8. The van der Waals surface area contributed by atoms with Crippen molar-refractivity contribution in [2.75, 3.05) is 57.4 Å². The highest BCUT2D eigenvalue weighted by molar-refractivity contribution is 6.10. The van der Waals surface area contributed by atoms with Gasteiger partial charge in [-0.1, -0.05) is 12.8 Å². The highest BCUT2D eigenvalue weighted by atomic mass is 35.5. The molecule has 1 amide bonds. The smallest absolute Gasteiger partial charge is 0.262 e. The Morgan fingerprint density at radius 3 is 1.43 bits per heavy atom. The third-order valence-corrected chi connectivity index (χ3v) is 7.73. The molecule has 0 atom stereocenters. The fraction of sp³-hybridized carbons (Fsp3) is 0.424. The van der Waals surface area contributed by atoms with Crippen LogP contribution in [0.5, 0.6) is 11.5 Å². The monoisotopic (exact) mass is 617 g/mol. The number of hydrogen-bond acceptors (Lipinski definition) is 5. The second-order valence-electron chi connectivity index (χ2n) is 10.6. The van der Waals surface area contributed by atoms with Gasteiger partial charge in [0.1, 0.15) is 30.5 Å². The molecule has 9 heteroatoms. The average molecular weight is 619 g/mol. The summed E-state index contributed by atoms with van der Waals surface area (Å²) in [5, 5.41) is 0. The lowest BCUT2D eigenvalue weighted by molar-refractivity contribution is 0.0999. The molecule has 2 aliphatic heterocycles. The Labute approximate surface area is 261 Å². The zero-order valence-electron chi connectivity index (χ0n) is 24.1. The zero-order valence-corrected chi connectivity index (χ0v) is 25.7. The van der Waals surface area contributed by atoms with E-state index < -0.39 is 0 Å². The van der Waals surface area contributed by atoms with Crippen LogP contribution in [0.3, 0.4) is 0 Å². The molecular formula is C33H42Cl2FN3O3. The topological polar surface area (TPSA) is 45.3 Å². The molecule has 2 saturated heterocycles. The number of likely N-dealkylation sites (tertiary alicyclic amines) is 2. The Hall–Kier alpha value is -2.84. The number of hydrogen-bond donors (Lipinski definition) is 0. The third-order valence-electron chi connectivity index (χ3n) is 7.73. The minimum atomic E-state index is -0.375. The molecule has 228 valence electrons. The molecule has 0 aliphatic carbocycles. The molecule has 6 nitrogen and oxygen atoms in total. The fourth-order valence-electron chi connectivity index (χ4n) is 5.44. The third kappa shape index (κ3) is 9.60. The maximum atomic E-state index is 13.7. The van der Waals surface area contributed by atoms with Crippen LogP contribution in [0.25, 0.3) is 0 Å². The lowest BCUT2D eigenvalue weighted by Crippen LogP contribution is -2.33. The first kappa shape index (κ1) is 33.7. The number of amides is 1. The van der Waals surface area contributed by atoms with Crippen LogP contribution < -0.4 is 14.4 Å². The first-order chi connectivity index (χ1) is 19.7. The highest BCUT2D eigenvalue weighted by Crippen LogP contribution is 2.31. The Kier molecular flexibility index (Phi) is 13.9. The van der Waals surface area contributed by atoms with Crippen molar-refractivity contribution < 1.29 is 18.7 Å². The molecular weight excluding hydrogens is 576 g/mol. The molecule has 0 bridgehead atoms. The summed E-state index contributed by atoms with van der Waals surface area (Å²) in [5.41, 5.74) is 1.82. The van der Waals surface area contributed by atoms with Crippen LogP contribution >= 0.6 is 24.8 Å². The van der Waals surface area contributed by atoms with Gasteiger partial charge in [-0.25, -0.2) is 4.39 Å². The van der Waals surface area contributed by atoms with Crippen molar-refractivity contribution in [2.45, 2.75) is 38.5 Å².